The van der Waals surface area contributed by atoms with Crippen molar-refractivity contribution in [1.82, 2.24) is 9.78 Å². The summed E-state index contributed by atoms with van der Waals surface area (Å²) < 4.78 is 20.6. The topological polar surface area (TPSA) is 102 Å². The van der Waals surface area contributed by atoms with Gasteiger partial charge >= 0.3 is 0 Å². The third-order valence-corrected chi connectivity index (χ3v) is 7.01. The van der Waals surface area contributed by atoms with Crippen LogP contribution in [-0.4, -0.2) is 39.1 Å². The number of fused-ring (bicyclic) bond motifs is 1. The van der Waals surface area contributed by atoms with Gasteiger partial charge in [-0.2, -0.15) is 5.10 Å². The van der Waals surface area contributed by atoms with Crippen LogP contribution in [0.3, 0.4) is 0 Å². The Morgan fingerprint density at radius 2 is 2.06 bits per heavy atom. The number of nitrogens with zero attached hydrogens (tertiary/aromatic N) is 2. The lowest BCUT2D eigenvalue weighted by Gasteiger charge is -2.25. The van der Waals surface area contributed by atoms with Crippen molar-refractivity contribution in [3.05, 3.63) is 40.3 Å². The minimum Gasteiger partial charge on any atom is -0.387 e. The number of benzene rings is 1. The molecule has 9 heteroatoms. The summed E-state index contributed by atoms with van der Waals surface area (Å²) >= 11 is 5.83. The number of nitrogens with one attached hydrogen (secondary N) is 1. The highest BCUT2D eigenvalue weighted by atomic mass is 35.5. The number of rotatable bonds is 6. The van der Waals surface area contributed by atoms with E-state index in [-0.39, 0.29) is 22.9 Å². The molecule has 4 atom stereocenters. The van der Waals surface area contributed by atoms with Crippen molar-refractivity contribution in [2.45, 2.75) is 57.2 Å². The van der Waals surface area contributed by atoms with Gasteiger partial charge in [-0.3, -0.25) is 9.48 Å². The lowest BCUT2D eigenvalue weighted by Crippen LogP contribution is -2.33. The fraction of sp³-hybridized carbons (Fsp3) is 0.565. The average molecular weight is 465 g/mol. The highest BCUT2D eigenvalue weighted by Crippen LogP contribution is 2.54. The van der Waals surface area contributed by atoms with E-state index in [0.717, 1.165) is 12.8 Å². The number of aromatic nitrogens is 2. The van der Waals surface area contributed by atoms with E-state index in [1.807, 2.05) is 13.8 Å². The molecule has 0 radical (unpaired) electrons. The van der Waals surface area contributed by atoms with Gasteiger partial charge in [0.05, 0.1) is 29.0 Å². The second-order valence-corrected chi connectivity index (χ2v) is 9.94. The maximum atomic E-state index is 13.4. The highest BCUT2D eigenvalue weighted by molar-refractivity contribution is 6.31. The SMILES string of the molecule is CC(C)OCC1(O)CC2CC(c3nn(C)c(N)c3C(=O)Nc3ccc(F)c(Cl)c3)C[C@@H]2C1. The minimum atomic E-state index is -0.782. The van der Waals surface area contributed by atoms with Crippen LogP contribution < -0.4 is 11.1 Å². The van der Waals surface area contributed by atoms with E-state index < -0.39 is 17.3 Å². The number of aliphatic hydroxyl groups is 1. The van der Waals surface area contributed by atoms with Crippen molar-refractivity contribution in [3.63, 3.8) is 0 Å². The number of hydrogen-bond acceptors (Lipinski definition) is 5. The van der Waals surface area contributed by atoms with Gasteiger partial charge in [-0.15, -0.1) is 0 Å². The largest absolute Gasteiger partial charge is 0.387 e. The summed E-state index contributed by atoms with van der Waals surface area (Å²) in [5.41, 5.74) is 6.82. The summed E-state index contributed by atoms with van der Waals surface area (Å²) in [6.07, 6.45) is 3.15. The van der Waals surface area contributed by atoms with E-state index in [2.05, 4.69) is 10.4 Å². The molecule has 2 aromatic rings. The van der Waals surface area contributed by atoms with Crippen LogP contribution in [0.4, 0.5) is 15.9 Å². The molecule has 2 aliphatic carbocycles. The predicted octanol–water partition coefficient (Wildman–Crippen LogP) is 4.11. The Bertz CT molecular complexity index is 1010. The number of amides is 1. The van der Waals surface area contributed by atoms with Gasteiger partial charge in [-0.1, -0.05) is 11.6 Å². The molecule has 3 unspecified atom stereocenters. The number of nitrogen functional groups attached to an aromatic ring is 1. The molecule has 2 saturated carbocycles. The standard InChI is InChI=1S/C23H30ClFN4O3/c1-12(2)32-11-23(31)9-14-6-13(7-15(14)10-23)20-19(21(26)29(3)28-20)22(30)27-16-4-5-18(25)17(24)8-16/h4-5,8,12-15,31H,6-7,9-11,26H2,1-3H3,(H,27,30)/t13?,14-,15?,23?/m1/s1. The Balaban J connectivity index is 1.50. The molecule has 7 nitrogen and oxygen atoms in total. The van der Waals surface area contributed by atoms with Gasteiger partial charge in [0.1, 0.15) is 17.2 Å². The van der Waals surface area contributed by atoms with Crippen molar-refractivity contribution in [2.75, 3.05) is 17.7 Å². The molecular formula is C23H30ClFN4O3. The van der Waals surface area contributed by atoms with Gasteiger partial charge in [-0.05, 0) is 69.6 Å². The predicted molar refractivity (Wildman–Crippen MR) is 121 cm³/mol. The number of hydrogen-bond donors (Lipinski definition) is 3. The molecule has 0 saturated heterocycles. The van der Waals surface area contributed by atoms with Crippen molar-refractivity contribution >= 4 is 29.0 Å². The van der Waals surface area contributed by atoms with Gasteiger partial charge in [-0.25, -0.2) is 4.39 Å². The first-order valence-electron chi connectivity index (χ1n) is 11.0. The van der Waals surface area contributed by atoms with Crippen molar-refractivity contribution < 1.29 is 19.0 Å². The molecule has 1 aromatic carbocycles. The van der Waals surface area contributed by atoms with Crippen molar-refractivity contribution in [2.24, 2.45) is 18.9 Å². The second-order valence-electron chi connectivity index (χ2n) is 9.53. The second kappa shape index (κ2) is 8.65. The van der Waals surface area contributed by atoms with Crippen LogP contribution in [0, 0.1) is 17.7 Å². The number of carbonyl (C=O) groups excluding carboxylic acids is 1. The number of anilines is 2. The van der Waals surface area contributed by atoms with Crippen LogP contribution >= 0.6 is 11.6 Å². The van der Waals surface area contributed by atoms with E-state index in [0.29, 0.717) is 48.2 Å². The number of nitrogens with two attached hydrogens (primary N) is 1. The number of carbonyl (C=O) groups is 1. The summed E-state index contributed by atoms with van der Waals surface area (Å²) in [7, 11) is 1.71. The molecule has 2 fully saturated rings. The molecule has 1 heterocycles. The first-order chi connectivity index (χ1) is 15.1. The van der Waals surface area contributed by atoms with Crippen LogP contribution in [0.2, 0.25) is 5.02 Å². The Morgan fingerprint density at radius 1 is 1.41 bits per heavy atom. The molecule has 1 aromatic heterocycles. The first kappa shape index (κ1) is 23.0. The minimum absolute atomic E-state index is 0.0697. The van der Waals surface area contributed by atoms with Crippen LogP contribution in [0.15, 0.2) is 18.2 Å². The van der Waals surface area contributed by atoms with Gasteiger partial charge < -0.3 is 20.9 Å². The molecule has 4 rings (SSSR count). The molecule has 174 valence electrons. The van der Waals surface area contributed by atoms with Crippen LogP contribution in [-0.2, 0) is 11.8 Å². The van der Waals surface area contributed by atoms with Crippen molar-refractivity contribution in [3.8, 4) is 0 Å². The number of aryl methyl sites for hydroxylation is 1. The molecule has 0 spiro atoms. The van der Waals surface area contributed by atoms with Gasteiger partial charge in [0.25, 0.3) is 5.91 Å². The monoisotopic (exact) mass is 464 g/mol. The van der Waals surface area contributed by atoms with Crippen LogP contribution in [0.5, 0.6) is 0 Å². The maximum Gasteiger partial charge on any atom is 0.261 e. The molecule has 1 amide bonds. The Morgan fingerprint density at radius 3 is 2.66 bits per heavy atom. The molecular weight excluding hydrogens is 435 g/mol. The zero-order valence-corrected chi connectivity index (χ0v) is 19.3. The average Bonchev–Trinajstić information content (AvgIpc) is 3.33. The third-order valence-electron chi connectivity index (χ3n) is 6.72. The normalized spacial score (nSPS) is 27.2. The smallest absolute Gasteiger partial charge is 0.261 e. The van der Waals surface area contributed by atoms with E-state index in [1.165, 1.54) is 22.9 Å². The van der Waals surface area contributed by atoms with E-state index in [9.17, 15) is 14.3 Å². The summed E-state index contributed by atoms with van der Waals surface area (Å²) in [5.74, 6) is 0.132. The van der Waals surface area contributed by atoms with Crippen LogP contribution in [0.1, 0.15) is 61.5 Å². The quantitative estimate of drug-likeness (QED) is 0.597. The zero-order chi connectivity index (χ0) is 23.2. The third kappa shape index (κ3) is 4.49. The summed E-state index contributed by atoms with van der Waals surface area (Å²) in [4.78, 5) is 13.1. The van der Waals surface area contributed by atoms with E-state index in [1.54, 1.807) is 7.05 Å². The van der Waals surface area contributed by atoms with E-state index in [4.69, 9.17) is 22.1 Å². The zero-order valence-electron chi connectivity index (χ0n) is 18.6. The van der Waals surface area contributed by atoms with Crippen LogP contribution in [0.25, 0.3) is 0 Å². The lowest BCUT2D eigenvalue weighted by atomic mass is 9.92. The number of ether oxygens (including phenoxy) is 1. The number of halogens is 2. The molecule has 32 heavy (non-hydrogen) atoms. The maximum absolute atomic E-state index is 13.4. The van der Waals surface area contributed by atoms with Gasteiger partial charge in [0, 0.05) is 18.7 Å². The van der Waals surface area contributed by atoms with Gasteiger partial charge in [0.15, 0.2) is 0 Å². The first-order valence-corrected chi connectivity index (χ1v) is 11.4. The Kier molecular flexibility index (Phi) is 6.22. The molecule has 0 bridgehead atoms. The fourth-order valence-electron chi connectivity index (χ4n) is 5.28. The lowest BCUT2D eigenvalue weighted by molar-refractivity contribution is -0.0648. The molecule has 2 aliphatic rings. The molecule has 0 aliphatic heterocycles. The highest BCUT2D eigenvalue weighted by Gasteiger charge is 2.50. The summed E-state index contributed by atoms with van der Waals surface area (Å²) in [6, 6.07) is 4.01. The van der Waals surface area contributed by atoms with E-state index >= 15 is 0 Å². The molecule has 4 N–H and O–H groups in total. The van der Waals surface area contributed by atoms with Gasteiger partial charge in [0.2, 0.25) is 0 Å². The Labute approximate surface area is 192 Å². The summed E-state index contributed by atoms with van der Waals surface area (Å²) in [6.45, 7) is 4.28. The van der Waals surface area contributed by atoms with Crippen molar-refractivity contribution in [1.29, 1.82) is 0 Å². The summed E-state index contributed by atoms with van der Waals surface area (Å²) in [5, 5.41) is 18.2. The Hall–Kier alpha value is -2.16. The fourth-order valence-corrected chi connectivity index (χ4v) is 5.46.